The van der Waals surface area contributed by atoms with Crippen LogP contribution in [0.4, 0.5) is 5.13 Å². The Bertz CT molecular complexity index is 1210. The van der Waals surface area contributed by atoms with Crippen LogP contribution in [0.25, 0.3) is 10.2 Å². The maximum atomic E-state index is 13.3. The van der Waals surface area contributed by atoms with E-state index in [-0.39, 0.29) is 5.78 Å². The average Bonchev–Trinajstić information content (AvgIpc) is 3.24. The molecular weight excluding hydrogens is 436 g/mol. The van der Waals surface area contributed by atoms with Crippen LogP contribution in [-0.2, 0) is 14.4 Å². The molecule has 1 fully saturated rings. The fourth-order valence-electron chi connectivity index (χ4n) is 3.82. The normalized spacial score (nSPS) is 19.3. The minimum atomic E-state index is -1.15. The Labute approximate surface area is 188 Å². The maximum Gasteiger partial charge on any atom is 0.297 e. The zero-order valence-electron chi connectivity index (χ0n) is 17.5. The predicted molar refractivity (Wildman–Crippen MR) is 121 cm³/mol. The van der Waals surface area contributed by atoms with Crippen molar-refractivity contribution in [2.24, 2.45) is 11.3 Å². The SMILES string of the molecule is COc1ccccc1C1C(C(=O)C(C)(C)C)C(=O)C(=O)N1c1nc2ccc(Cl)cc2s1. The molecule has 3 aromatic rings. The zero-order chi connectivity index (χ0) is 22.5. The van der Waals surface area contributed by atoms with E-state index >= 15 is 0 Å². The minimum absolute atomic E-state index is 0.298. The molecule has 1 aliphatic rings. The molecule has 4 rings (SSSR count). The van der Waals surface area contributed by atoms with Crippen LogP contribution < -0.4 is 9.64 Å². The van der Waals surface area contributed by atoms with Crippen LogP contribution >= 0.6 is 22.9 Å². The lowest BCUT2D eigenvalue weighted by Gasteiger charge is -2.29. The molecule has 0 radical (unpaired) electrons. The van der Waals surface area contributed by atoms with E-state index in [0.29, 0.717) is 27.0 Å². The first-order valence-electron chi connectivity index (χ1n) is 9.74. The molecule has 2 heterocycles. The monoisotopic (exact) mass is 456 g/mol. The lowest BCUT2D eigenvalue weighted by molar-refractivity contribution is -0.141. The minimum Gasteiger partial charge on any atom is -0.496 e. The van der Waals surface area contributed by atoms with Crippen molar-refractivity contribution in [1.82, 2.24) is 4.98 Å². The lowest BCUT2D eigenvalue weighted by atomic mass is 9.77. The summed E-state index contributed by atoms with van der Waals surface area (Å²) < 4.78 is 6.29. The van der Waals surface area contributed by atoms with Crippen molar-refractivity contribution in [2.75, 3.05) is 12.0 Å². The highest BCUT2D eigenvalue weighted by Gasteiger charge is 2.55. The summed E-state index contributed by atoms with van der Waals surface area (Å²) in [4.78, 5) is 45.6. The number of fused-ring (bicyclic) bond motifs is 1. The molecule has 2 unspecified atom stereocenters. The molecule has 2 aromatic carbocycles. The van der Waals surface area contributed by atoms with Crippen molar-refractivity contribution in [2.45, 2.75) is 26.8 Å². The van der Waals surface area contributed by atoms with Gasteiger partial charge in [0.05, 0.1) is 23.4 Å². The first-order valence-corrected chi connectivity index (χ1v) is 10.9. The van der Waals surface area contributed by atoms with Gasteiger partial charge in [0, 0.05) is 16.0 Å². The molecule has 0 bridgehead atoms. The van der Waals surface area contributed by atoms with E-state index in [4.69, 9.17) is 16.3 Å². The molecule has 1 saturated heterocycles. The number of carbonyl (C=O) groups excluding carboxylic acids is 3. The van der Waals surface area contributed by atoms with Crippen molar-refractivity contribution >= 4 is 55.8 Å². The second kappa shape index (κ2) is 7.73. The van der Waals surface area contributed by atoms with Gasteiger partial charge in [0.25, 0.3) is 5.91 Å². The number of hydrogen-bond acceptors (Lipinski definition) is 6. The summed E-state index contributed by atoms with van der Waals surface area (Å²) in [5.74, 6) is -2.43. The molecule has 0 spiro atoms. The fraction of sp³-hybridized carbons (Fsp3) is 0.304. The Balaban J connectivity index is 1.94. The van der Waals surface area contributed by atoms with Gasteiger partial charge in [-0.05, 0) is 24.3 Å². The highest BCUT2D eigenvalue weighted by atomic mass is 35.5. The molecule has 6 nitrogen and oxygen atoms in total. The highest BCUT2D eigenvalue weighted by Crippen LogP contribution is 2.47. The first-order chi connectivity index (χ1) is 14.6. The summed E-state index contributed by atoms with van der Waals surface area (Å²) in [5, 5.41) is 0.893. The number of ether oxygens (including phenoxy) is 1. The lowest BCUT2D eigenvalue weighted by Crippen LogP contribution is -2.36. The highest BCUT2D eigenvalue weighted by molar-refractivity contribution is 7.22. The van der Waals surface area contributed by atoms with E-state index in [2.05, 4.69) is 4.98 Å². The molecule has 0 aliphatic carbocycles. The van der Waals surface area contributed by atoms with Crippen molar-refractivity contribution < 1.29 is 19.1 Å². The van der Waals surface area contributed by atoms with Crippen molar-refractivity contribution in [3.05, 3.63) is 53.1 Å². The van der Waals surface area contributed by atoms with Crippen molar-refractivity contribution in [3.8, 4) is 5.75 Å². The summed E-state index contributed by atoms with van der Waals surface area (Å²) in [7, 11) is 1.52. The maximum absolute atomic E-state index is 13.3. The Kier molecular flexibility index (Phi) is 5.35. The van der Waals surface area contributed by atoms with Crippen LogP contribution in [0.2, 0.25) is 5.02 Å². The number of aromatic nitrogens is 1. The summed E-state index contributed by atoms with van der Waals surface area (Å²) in [5.41, 5.74) is 0.441. The van der Waals surface area contributed by atoms with Crippen LogP contribution in [0.15, 0.2) is 42.5 Å². The number of hydrogen-bond donors (Lipinski definition) is 0. The first kappa shape index (κ1) is 21.5. The number of ketones is 2. The predicted octanol–water partition coefficient (Wildman–Crippen LogP) is 4.85. The van der Waals surface area contributed by atoms with Gasteiger partial charge in [0.15, 0.2) is 10.9 Å². The van der Waals surface area contributed by atoms with E-state index in [1.165, 1.54) is 23.3 Å². The van der Waals surface area contributed by atoms with Gasteiger partial charge in [-0.1, -0.05) is 61.9 Å². The summed E-state index contributed by atoms with van der Waals surface area (Å²) >= 11 is 7.35. The van der Waals surface area contributed by atoms with Crippen LogP contribution in [0.1, 0.15) is 32.4 Å². The van der Waals surface area contributed by atoms with E-state index in [9.17, 15) is 14.4 Å². The van der Waals surface area contributed by atoms with Gasteiger partial charge < -0.3 is 4.74 Å². The quantitative estimate of drug-likeness (QED) is 0.414. The third-order valence-electron chi connectivity index (χ3n) is 5.33. The van der Waals surface area contributed by atoms with Gasteiger partial charge in [-0.15, -0.1) is 0 Å². The second-order valence-corrected chi connectivity index (χ2v) is 9.87. The number of nitrogens with zero attached hydrogens (tertiary/aromatic N) is 2. The second-order valence-electron chi connectivity index (χ2n) is 8.43. The number of Topliss-reactive ketones (excluding diaryl/α,β-unsaturated/α-hetero) is 2. The summed E-state index contributed by atoms with van der Waals surface area (Å²) in [6.07, 6.45) is 0. The van der Waals surface area contributed by atoms with Crippen molar-refractivity contribution in [1.29, 1.82) is 0 Å². The molecular formula is C23H21ClN2O4S. The Morgan fingerprint density at radius 1 is 1.16 bits per heavy atom. The summed E-state index contributed by atoms with van der Waals surface area (Å²) in [6.45, 7) is 5.23. The molecule has 0 N–H and O–H groups in total. The van der Waals surface area contributed by atoms with Gasteiger partial charge in [0.1, 0.15) is 11.7 Å². The number of benzene rings is 2. The standard InChI is InChI=1S/C23H21ClN2O4S/c1-23(2,3)20(28)17-18(13-7-5-6-8-15(13)30-4)26(21(29)19(17)27)22-25-14-10-9-12(24)11-16(14)31-22/h5-11,17-18H,1-4H3. The number of rotatable bonds is 4. The van der Waals surface area contributed by atoms with Crippen LogP contribution in [0.3, 0.4) is 0 Å². The molecule has 8 heteroatoms. The van der Waals surface area contributed by atoms with Crippen molar-refractivity contribution in [3.63, 3.8) is 0 Å². The summed E-state index contributed by atoms with van der Waals surface area (Å²) in [6, 6.07) is 11.5. The Morgan fingerprint density at radius 2 is 1.87 bits per heavy atom. The molecule has 31 heavy (non-hydrogen) atoms. The molecule has 1 amide bonds. The number of anilines is 1. The van der Waals surface area contributed by atoms with E-state index in [1.807, 2.05) is 0 Å². The average molecular weight is 457 g/mol. The number of thiazole rings is 1. The molecule has 160 valence electrons. The van der Waals surface area contributed by atoms with E-state index in [0.717, 1.165) is 4.70 Å². The number of methoxy groups -OCH3 is 1. The zero-order valence-corrected chi connectivity index (χ0v) is 19.1. The Morgan fingerprint density at radius 3 is 2.55 bits per heavy atom. The van der Waals surface area contributed by atoms with Gasteiger partial charge in [0.2, 0.25) is 5.78 Å². The number of halogens is 1. The number of para-hydroxylation sites is 1. The smallest absolute Gasteiger partial charge is 0.297 e. The number of carbonyl (C=O) groups is 3. The molecule has 0 saturated carbocycles. The Hall–Kier alpha value is -2.77. The van der Waals surface area contributed by atoms with Crippen LogP contribution in [0.5, 0.6) is 5.75 Å². The molecule has 2 atom stereocenters. The topological polar surface area (TPSA) is 76.6 Å². The van der Waals surface area contributed by atoms with Gasteiger partial charge in [-0.3, -0.25) is 19.3 Å². The van der Waals surface area contributed by atoms with Gasteiger partial charge in [-0.2, -0.15) is 0 Å². The van der Waals surface area contributed by atoms with Crippen LogP contribution in [-0.4, -0.2) is 29.6 Å². The fourth-order valence-corrected chi connectivity index (χ4v) is 5.10. The van der Waals surface area contributed by atoms with Gasteiger partial charge in [-0.25, -0.2) is 4.98 Å². The third-order valence-corrected chi connectivity index (χ3v) is 6.58. The largest absolute Gasteiger partial charge is 0.496 e. The van der Waals surface area contributed by atoms with E-state index in [1.54, 1.807) is 63.2 Å². The van der Waals surface area contributed by atoms with Crippen LogP contribution in [0, 0.1) is 11.3 Å². The molecule has 1 aliphatic heterocycles. The number of amides is 1. The van der Waals surface area contributed by atoms with Gasteiger partial charge >= 0.3 is 0 Å². The third kappa shape index (κ3) is 3.62. The van der Waals surface area contributed by atoms with E-state index < -0.39 is 29.1 Å². The molecule has 1 aromatic heterocycles.